The van der Waals surface area contributed by atoms with Crippen LogP contribution in [0.5, 0.6) is 0 Å². The Morgan fingerprint density at radius 1 is 1.00 bits per heavy atom. The second kappa shape index (κ2) is 12.0. The van der Waals surface area contributed by atoms with Crippen molar-refractivity contribution in [2.45, 2.75) is 118 Å². The molecule has 0 radical (unpaired) electrons. The first-order valence-corrected chi connectivity index (χ1v) is 16.4. The zero-order valence-electron chi connectivity index (χ0n) is 25.5. The summed E-state index contributed by atoms with van der Waals surface area (Å²) in [5.74, 6) is 5.17. The van der Waals surface area contributed by atoms with Crippen LogP contribution in [0.3, 0.4) is 0 Å². The van der Waals surface area contributed by atoms with E-state index in [1.54, 1.807) is 5.57 Å². The first-order chi connectivity index (χ1) is 18.7. The largest absolute Gasteiger partial charge is 0.446 e. The number of ether oxygens (including phenoxy) is 1. The number of allylic oxidation sites excluding steroid dienone is 1. The standard InChI is InChI=1S/C36H55NO2/c1-25(2)10-9-11-26(3)31-16-17-32-30-15-14-28-24-29(18-21-35(28,4)33(30)19-22-36(31,32)5)39-34(38)37-23-20-27-12-7-6-8-13-27/h6-8,12-14,25-26,29-33H,9-11,15-24H2,1-5H3,(H,37,38). The Kier molecular flexibility index (Phi) is 8.84. The Hall–Kier alpha value is -1.77. The lowest BCUT2D eigenvalue weighted by atomic mass is 9.47. The fourth-order valence-electron chi connectivity index (χ4n) is 9.90. The third-order valence-electron chi connectivity index (χ3n) is 12.1. The van der Waals surface area contributed by atoms with Gasteiger partial charge in [0.05, 0.1) is 0 Å². The molecular weight excluding hydrogens is 478 g/mol. The minimum Gasteiger partial charge on any atom is -0.446 e. The van der Waals surface area contributed by atoms with E-state index in [2.05, 4.69) is 58.1 Å². The maximum absolute atomic E-state index is 12.6. The Morgan fingerprint density at radius 3 is 2.56 bits per heavy atom. The van der Waals surface area contributed by atoms with Crippen LogP contribution in [0.25, 0.3) is 0 Å². The molecule has 8 atom stereocenters. The normalized spacial score (nSPS) is 36.4. The second-order valence-electron chi connectivity index (χ2n) is 14.7. The van der Waals surface area contributed by atoms with Gasteiger partial charge in [-0.25, -0.2) is 4.79 Å². The van der Waals surface area contributed by atoms with Gasteiger partial charge in [0.25, 0.3) is 0 Å². The summed E-state index contributed by atoms with van der Waals surface area (Å²) in [4.78, 5) is 12.6. The number of fused-ring (bicyclic) bond motifs is 5. The SMILES string of the molecule is CC(C)CCCC(C)C1CCC2C3CC=C4CC(OC(=O)NCCc5ccccc5)CCC4(C)C3CCC12C. The van der Waals surface area contributed by atoms with Gasteiger partial charge in [-0.3, -0.25) is 0 Å². The van der Waals surface area contributed by atoms with E-state index < -0.39 is 0 Å². The van der Waals surface area contributed by atoms with Gasteiger partial charge in [-0.15, -0.1) is 0 Å². The van der Waals surface area contributed by atoms with Crippen molar-refractivity contribution in [3.8, 4) is 0 Å². The van der Waals surface area contributed by atoms with Gasteiger partial charge >= 0.3 is 6.09 Å². The van der Waals surface area contributed by atoms with Crippen LogP contribution in [0.1, 0.15) is 111 Å². The van der Waals surface area contributed by atoms with E-state index in [9.17, 15) is 4.79 Å². The number of carbonyl (C=O) groups excluding carboxylic acids is 1. The zero-order valence-corrected chi connectivity index (χ0v) is 25.5. The lowest BCUT2D eigenvalue weighted by Crippen LogP contribution is -2.51. The number of carbonyl (C=O) groups is 1. The first-order valence-electron chi connectivity index (χ1n) is 16.4. The van der Waals surface area contributed by atoms with Gasteiger partial charge in [-0.05, 0) is 103 Å². The van der Waals surface area contributed by atoms with Crippen LogP contribution in [0.4, 0.5) is 4.79 Å². The molecule has 0 aromatic heterocycles. The van der Waals surface area contributed by atoms with E-state index in [0.29, 0.717) is 17.4 Å². The number of alkyl carbamates (subject to hydrolysis) is 1. The molecule has 39 heavy (non-hydrogen) atoms. The molecule has 3 heteroatoms. The van der Waals surface area contributed by atoms with Crippen molar-refractivity contribution < 1.29 is 9.53 Å². The quantitative estimate of drug-likeness (QED) is 0.321. The molecule has 1 N–H and O–H groups in total. The smallest absolute Gasteiger partial charge is 0.407 e. The van der Waals surface area contributed by atoms with Crippen LogP contribution < -0.4 is 5.32 Å². The average molecular weight is 534 g/mol. The summed E-state index contributed by atoms with van der Waals surface area (Å²) >= 11 is 0. The molecule has 216 valence electrons. The monoisotopic (exact) mass is 533 g/mol. The maximum Gasteiger partial charge on any atom is 0.407 e. The average Bonchev–Trinajstić information content (AvgIpc) is 3.26. The van der Waals surface area contributed by atoms with E-state index in [-0.39, 0.29) is 12.2 Å². The van der Waals surface area contributed by atoms with Crippen molar-refractivity contribution in [1.29, 1.82) is 0 Å². The summed E-state index contributed by atoms with van der Waals surface area (Å²) in [6.07, 6.45) is 17.5. The summed E-state index contributed by atoms with van der Waals surface area (Å²) in [5.41, 5.74) is 3.68. The summed E-state index contributed by atoms with van der Waals surface area (Å²) < 4.78 is 5.94. The molecule has 4 aliphatic carbocycles. The molecule has 0 heterocycles. The lowest BCUT2D eigenvalue weighted by Gasteiger charge is -2.58. The topological polar surface area (TPSA) is 38.3 Å². The Balaban J connectivity index is 1.16. The number of benzene rings is 1. The van der Waals surface area contributed by atoms with Crippen molar-refractivity contribution in [1.82, 2.24) is 5.32 Å². The number of hydrogen-bond donors (Lipinski definition) is 1. The van der Waals surface area contributed by atoms with E-state index >= 15 is 0 Å². The molecule has 3 nitrogen and oxygen atoms in total. The van der Waals surface area contributed by atoms with E-state index in [1.165, 1.54) is 63.4 Å². The molecule has 3 saturated carbocycles. The molecule has 0 bridgehead atoms. The Morgan fingerprint density at radius 2 is 1.79 bits per heavy atom. The highest BCUT2D eigenvalue weighted by Crippen LogP contribution is 2.67. The van der Waals surface area contributed by atoms with Gasteiger partial charge < -0.3 is 10.1 Å². The van der Waals surface area contributed by atoms with Crippen molar-refractivity contribution in [3.63, 3.8) is 0 Å². The van der Waals surface area contributed by atoms with E-state index in [4.69, 9.17) is 4.74 Å². The summed E-state index contributed by atoms with van der Waals surface area (Å²) in [6, 6.07) is 10.3. The Bertz CT molecular complexity index is 1000. The molecule has 1 aromatic rings. The maximum atomic E-state index is 12.6. The van der Waals surface area contributed by atoms with Gasteiger partial charge in [-0.2, -0.15) is 0 Å². The minimum atomic E-state index is -0.248. The van der Waals surface area contributed by atoms with Crippen molar-refractivity contribution in [2.75, 3.05) is 6.54 Å². The van der Waals surface area contributed by atoms with Gasteiger partial charge in [0.1, 0.15) is 6.10 Å². The highest BCUT2D eigenvalue weighted by atomic mass is 16.6. The summed E-state index contributed by atoms with van der Waals surface area (Å²) in [7, 11) is 0. The third-order valence-corrected chi connectivity index (χ3v) is 12.1. The second-order valence-corrected chi connectivity index (χ2v) is 14.7. The lowest BCUT2D eigenvalue weighted by molar-refractivity contribution is -0.0581. The molecule has 0 aliphatic heterocycles. The van der Waals surface area contributed by atoms with Crippen LogP contribution in [0.2, 0.25) is 0 Å². The molecule has 8 unspecified atom stereocenters. The van der Waals surface area contributed by atoms with Gasteiger partial charge in [0, 0.05) is 13.0 Å². The molecule has 4 aliphatic rings. The van der Waals surface area contributed by atoms with Crippen LogP contribution >= 0.6 is 0 Å². The van der Waals surface area contributed by atoms with Crippen LogP contribution in [-0.2, 0) is 11.2 Å². The number of nitrogens with one attached hydrogen (secondary N) is 1. The van der Waals surface area contributed by atoms with Gasteiger partial charge in [-0.1, -0.05) is 95.9 Å². The van der Waals surface area contributed by atoms with Crippen LogP contribution in [0.15, 0.2) is 42.0 Å². The predicted molar refractivity (Wildman–Crippen MR) is 161 cm³/mol. The predicted octanol–water partition coefficient (Wildman–Crippen LogP) is 9.37. The van der Waals surface area contributed by atoms with Crippen molar-refractivity contribution in [3.05, 3.63) is 47.5 Å². The molecule has 0 spiro atoms. The molecular formula is C36H55NO2. The number of hydrogen-bond acceptors (Lipinski definition) is 2. The molecule has 1 aromatic carbocycles. The first kappa shape index (κ1) is 28.7. The van der Waals surface area contributed by atoms with Gasteiger partial charge in [0.15, 0.2) is 0 Å². The van der Waals surface area contributed by atoms with Crippen LogP contribution in [0, 0.1) is 46.3 Å². The zero-order chi connectivity index (χ0) is 27.6. The fraction of sp³-hybridized carbons (Fsp3) is 0.750. The highest BCUT2D eigenvalue weighted by Gasteiger charge is 2.59. The molecule has 5 rings (SSSR count). The fourth-order valence-corrected chi connectivity index (χ4v) is 9.90. The molecule has 0 saturated heterocycles. The third kappa shape index (κ3) is 5.98. The van der Waals surface area contributed by atoms with Crippen LogP contribution in [-0.4, -0.2) is 18.7 Å². The summed E-state index contributed by atoms with van der Waals surface area (Å²) in [5, 5.41) is 2.99. The Labute approximate surface area is 238 Å². The van der Waals surface area contributed by atoms with E-state index in [1.807, 2.05) is 18.2 Å². The number of rotatable bonds is 9. The highest BCUT2D eigenvalue weighted by molar-refractivity contribution is 5.67. The van der Waals surface area contributed by atoms with E-state index in [0.717, 1.165) is 54.8 Å². The minimum absolute atomic E-state index is 0.0222. The van der Waals surface area contributed by atoms with Crippen molar-refractivity contribution >= 4 is 6.09 Å². The number of amides is 1. The van der Waals surface area contributed by atoms with Crippen molar-refractivity contribution in [2.24, 2.45) is 46.3 Å². The molecule has 3 fully saturated rings. The summed E-state index contributed by atoms with van der Waals surface area (Å²) in [6.45, 7) is 13.2. The van der Waals surface area contributed by atoms with Gasteiger partial charge in [0.2, 0.25) is 0 Å². The molecule has 1 amide bonds.